The van der Waals surface area contributed by atoms with E-state index in [1.165, 1.54) is 55.7 Å². The van der Waals surface area contributed by atoms with E-state index in [9.17, 15) is 24.6 Å². The molecule has 0 spiro atoms. The molecule has 0 atom stereocenters. The molecule has 132 valence electrons. The van der Waals surface area contributed by atoms with Crippen LogP contribution in [-0.2, 0) is 9.59 Å². The third kappa shape index (κ3) is 3.07. The van der Waals surface area contributed by atoms with E-state index in [0.29, 0.717) is 5.56 Å². The Bertz CT molecular complexity index is 933. The van der Waals surface area contributed by atoms with E-state index in [2.05, 4.69) is 5.32 Å². The van der Waals surface area contributed by atoms with Gasteiger partial charge in [-0.15, -0.1) is 0 Å². The van der Waals surface area contributed by atoms with Gasteiger partial charge in [0, 0.05) is 0 Å². The summed E-state index contributed by atoms with van der Waals surface area (Å²) in [6.45, 7) is 0. The molecular formula is C18H14N2O6. The maximum absolute atomic E-state index is 12.7. The number of rotatable bonds is 3. The fourth-order valence-electron chi connectivity index (χ4n) is 2.44. The van der Waals surface area contributed by atoms with Crippen molar-refractivity contribution in [2.75, 3.05) is 12.0 Å². The predicted molar refractivity (Wildman–Crippen MR) is 91.8 cm³/mol. The number of barbiturate groups is 1. The lowest BCUT2D eigenvalue weighted by molar-refractivity contribution is -0.122. The highest BCUT2D eigenvalue weighted by Crippen LogP contribution is 2.28. The molecule has 0 bridgehead atoms. The number of nitrogens with one attached hydrogen (secondary N) is 1. The van der Waals surface area contributed by atoms with Gasteiger partial charge < -0.3 is 14.9 Å². The van der Waals surface area contributed by atoms with Crippen molar-refractivity contribution in [1.82, 2.24) is 5.32 Å². The number of nitrogens with zero attached hydrogens (tertiary/aromatic N) is 1. The number of imide groups is 2. The number of amides is 4. The van der Waals surface area contributed by atoms with Gasteiger partial charge in [-0.3, -0.25) is 14.9 Å². The number of benzene rings is 2. The first kappa shape index (κ1) is 17.0. The number of phenols is 2. The van der Waals surface area contributed by atoms with Gasteiger partial charge in [0.25, 0.3) is 11.8 Å². The average molecular weight is 354 g/mol. The van der Waals surface area contributed by atoms with Crippen LogP contribution in [0.2, 0.25) is 0 Å². The second-order valence-electron chi connectivity index (χ2n) is 5.41. The van der Waals surface area contributed by atoms with Gasteiger partial charge in [-0.25, -0.2) is 9.69 Å². The summed E-state index contributed by atoms with van der Waals surface area (Å²) < 4.78 is 4.99. The van der Waals surface area contributed by atoms with Gasteiger partial charge in [0.05, 0.1) is 12.8 Å². The molecule has 1 aliphatic rings. The fourth-order valence-corrected chi connectivity index (χ4v) is 2.44. The second-order valence-corrected chi connectivity index (χ2v) is 5.41. The van der Waals surface area contributed by atoms with Crippen molar-refractivity contribution in [1.29, 1.82) is 0 Å². The Hall–Kier alpha value is -3.81. The molecular weight excluding hydrogens is 340 g/mol. The van der Waals surface area contributed by atoms with Crippen molar-refractivity contribution >= 4 is 29.6 Å². The van der Waals surface area contributed by atoms with Crippen LogP contribution >= 0.6 is 0 Å². The van der Waals surface area contributed by atoms with Gasteiger partial charge in [-0.05, 0) is 48.0 Å². The molecule has 8 heteroatoms. The SMILES string of the molecule is COc1cc(C=C2C(=O)NC(=O)N(c3ccc(O)cc3)C2=O)ccc1O. The molecule has 1 heterocycles. The number of aromatic hydroxyl groups is 2. The standard InChI is InChI=1S/C18H14N2O6/c1-26-15-9-10(2-7-14(15)22)8-13-16(23)19-18(25)20(17(13)24)11-3-5-12(21)6-4-11/h2-9,21-22H,1H3,(H,19,23,25). The maximum Gasteiger partial charge on any atom is 0.335 e. The lowest BCUT2D eigenvalue weighted by Crippen LogP contribution is -2.54. The molecule has 0 aliphatic carbocycles. The van der Waals surface area contributed by atoms with Crippen molar-refractivity contribution in [2.24, 2.45) is 0 Å². The molecule has 0 radical (unpaired) electrons. The Labute approximate surface area is 147 Å². The van der Waals surface area contributed by atoms with E-state index in [0.717, 1.165) is 4.90 Å². The van der Waals surface area contributed by atoms with E-state index in [4.69, 9.17) is 4.74 Å². The van der Waals surface area contributed by atoms with E-state index < -0.39 is 17.8 Å². The average Bonchev–Trinajstić information content (AvgIpc) is 2.61. The summed E-state index contributed by atoms with van der Waals surface area (Å²) in [5.74, 6) is -1.58. The minimum atomic E-state index is -0.883. The van der Waals surface area contributed by atoms with E-state index >= 15 is 0 Å². The number of hydrogen-bond acceptors (Lipinski definition) is 6. The lowest BCUT2D eigenvalue weighted by Gasteiger charge is -2.26. The van der Waals surface area contributed by atoms with Crippen LogP contribution in [0.1, 0.15) is 5.56 Å². The van der Waals surface area contributed by atoms with Crippen LogP contribution in [0.15, 0.2) is 48.0 Å². The highest BCUT2D eigenvalue weighted by Gasteiger charge is 2.36. The first-order chi connectivity index (χ1) is 12.4. The predicted octanol–water partition coefficient (Wildman–Crippen LogP) is 1.77. The molecule has 0 unspecified atom stereocenters. The number of hydrogen-bond donors (Lipinski definition) is 3. The molecule has 2 aromatic carbocycles. The highest BCUT2D eigenvalue weighted by molar-refractivity contribution is 6.39. The van der Waals surface area contributed by atoms with E-state index in [1.54, 1.807) is 0 Å². The van der Waals surface area contributed by atoms with Gasteiger partial charge >= 0.3 is 6.03 Å². The van der Waals surface area contributed by atoms with Crippen molar-refractivity contribution in [3.05, 3.63) is 53.6 Å². The minimum Gasteiger partial charge on any atom is -0.508 e. The third-order valence-corrected chi connectivity index (χ3v) is 3.72. The van der Waals surface area contributed by atoms with Crippen molar-refractivity contribution in [3.63, 3.8) is 0 Å². The van der Waals surface area contributed by atoms with E-state index in [-0.39, 0.29) is 28.5 Å². The monoisotopic (exact) mass is 354 g/mol. The van der Waals surface area contributed by atoms with Gasteiger partial charge in [0.15, 0.2) is 11.5 Å². The molecule has 3 rings (SSSR count). The summed E-state index contributed by atoms with van der Waals surface area (Å²) in [5.41, 5.74) is 0.371. The van der Waals surface area contributed by atoms with Crippen LogP contribution in [0.3, 0.4) is 0 Å². The zero-order valence-corrected chi connectivity index (χ0v) is 13.6. The summed E-state index contributed by atoms with van der Waals surface area (Å²) >= 11 is 0. The number of carbonyl (C=O) groups excluding carboxylic acids is 3. The smallest absolute Gasteiger partial charge is 0.335 e. The topological polar surface area (TPSA) is 116 Å². The largest absolute Gasteiger partial charge is 0.508 e. The molecule has 1 fully saturated rings. The number of phenolic OH excluding ortho intramolecular Hbond substituents is 2. The molecule has 8 nitrogen and oxygen atoms in total. The lowest BCUT2D eigenvalue weighted by atomic mass is 10.1. The van der Waals surface area contributed by atoms with Crippen LogP contribution in [0, 0.1) is 0 Å². The molecule has 26 heavy (non-hydrogen) atoms. The summed E-state index contributed by atoms with van der Waals surface area (Å²) in [6.07, 6.45) is 1.29. The normalized spacial score (nSPS) is 16.0. The minimum absolute atomic E-state index is 0.0263. The molecule has 0 saturated carbocycles. The number of methoxy groups -OCH3 is 1. The number of ether oxygens (including phenoxy) is 1. The second kappa shape index (κ2) is 6.60. The summed E-state index contributed by atoms with van der Waals surface area (Å²) in [5, 5.41) is 21.1. The summed E-state index contributed by atoms with van der Waals surface area (Å²) in [4.78, 5) is 37.7. The van der Waals surface area contributed by atoms with Crippen molar-refractivity contribution < 1.29 is 29.3 Å². The van der Waals surface area contributed by atoms with Gasteiger partial charge in [-0.2, -0.15) is 0 Å². The molecule has 3 N–H and O–H groups in total. The van der Waals surface area contributed by atoms with Gasteiger partial charge in [0.1, 0.15) is 11.3 Å². The van der Waals surface area contributed by atoms with Crippen LogP contribution in [0.4, 0.5) is 10.5 Å². The van der Waals surface area contributed by atoms with Crippen LogP contribution in [0.5, 0.6) is 17.2 Å². The Kier molecular flexibility index (Phi) is 4.32. The Morgan fingerprint density at radius 1 is 1.04 bits per heavy atom. The molecule has 1 saturated heterocycles. The molecule has 1 aliphatic heterocycles. The molecule has 2 aromatic rings. The fraction of sp³-hybridized carbons (Fsp3) is 0.0556. The molecule has 4 amide bonds. The zero-order valence-electron chi connectivity index (χ0n) is 13.6. The first-order valence-electron chi connectivity index (χ1n) is 7.48. The summed E-state index contributed by atoms with van der Waals surface area (Å²) in [6, 6.07) is 8.82. The third-order valence-electron chi connectivity index (χ3n) is 3.72. The van der Waals surface area contributed by atoms with Crippen LogP contribution in [-0.4, -0.2) is 35.2 Å². The maximum atomic E-state index is 12.7. The van der Waals surface area contributed by atoms with Crippen LogP contribution in [0.25, 0.3) is 6.08 Å². The first-order valence-corrected chi connectivity index (χ1v) is 7.48. The Morgan fingerprint density at radius 3 is 2.38 bits per heavy atom. The highest BCUT2D eigenvalue weighted by atomic mass is 16.5. The van der Waals surface area contributed by atoms with Crippen molar-refractivity contribution in [2.45, 2.75) is 0 Å². The van der Waals surface area contributed by atoms with Crippen molar-refractivity contribution in [3.8, 4) is 17.2 Å². The van der Waals surface area contributed by atoms with Crippen LogP contribution < -0.4 is 15.0 Å². The number of anilines is 1. The van der Waals surface area contributed by atoms with Gasteiger partial charge in [-0.1, -0.05) is 6.07 Å². The zero-order chi connectivity index (χ0) is 18.8. The Balaban J connectivity index is 2.01. The quantitative estimate of drug-likeness (QED) is 0.571. The number of urea groups is 1. The van der Waals surface area contributed by atoms with Gasteiger partial charge in [0.2, 0.25) is 0 Å². The Morgan fingerprint density at radius 2 is 1.73 bits per heavy atom. The molecule has 0 aromatic heterocycles. The number of carbonyl (C=O) groups is 3. The van der Waals surface area contributed by atoms with E-state index in [1.807, 2.05) is 0 Å². The summed E-state index contributed by atoms with van der Waals surface area (Å²) in [7, 11) is 1.37.